The van der Waals surface area contributed by atoms with Gasteiger partial charge in [-0.3, -0.25) is 0 Å². The largest absolute Gasteiger partial charge is 0.228 e. The van der Waals surface area contributed by atoms with E-state index < -0.39 is 0 Å². The van der Waals surface area contributed by atoms with E-state index in [0.717, 1.165) is 23.8 Å². The fraction of sp³-hybridized carbons (Fsp3) is 0.444. The Morgan fingerprint density at radius 3 is 2.71 bits per heavy atom. The molecule has 0 saturated carbocycles. The molecule has 0 amide bonds. The van der Waals surface area contributed by atoms with E-state index >= 15 is 0 Å². The molecule has 0 spiro atoms. The summed E-state index contributed by atoms with van der Waals surface area (Å²) in [6.07, 6.45) is 1.73. The lowest BCUT2D eigenvalue weighted by atomic mass is 10.4. The Morgan fingerprint density at radius 2 is 2.14 bits per heavy atom. The van der Waals surface area contributed by atoms with Crippen LogP contribution in [0, 0.1) is 13.8 Å². The summed E-state index contributed by atoms with van der Waals surface area (Å²) in [6, 6.07) is 2.03. The van der Waals surface area contributed by atoms with Crippen LogP contribution in [0.15, 0.2) is 12.3 Å². The summed E-state index contributed by atoms with van der Waals surface area (Å²) in [5, 5.41) is 12.2. The molecule has 2 aromatic rings. The first-order chi connectivity index (χ1) is 6.72. The maximum Gasteiger partial charge on any atom is 0.172 e. The predicted octanol–water partition coefficient (Wildman–Crippen LogP) is 1.10. The van der Waals surface area contributed by atoms with Gasteiger partial charge in [-0.25, -0.2) is 9.36 Å². The molecular formula is C9H13N5. The molecule has 0 saturated heterocycles. The predicted molar refractivity (Wildman–Crippen MR) is 52.3 cm³/mol. The Kier molecular flexibility index (Phi) is 2.07. The molecule has 0 aliphatic rings. The third-order valence-corrected chi connectivity index (χ3v) is 2.12. The van der Waals surface area contributed by atoms with Crippen molar-refractivity contribution in [1.29, 1.82) is 0 Å². The van der Waals surface area contributed by atoms with Gasteiger partial charge in [-0.1, -0.05) is 5.21 Å². The second-order valence-electron chi connectivity index (χ2n) is 3.25. The molecule has 2 rings (SSSR count). The molecule has 0 N–H and O–H groups in total. The highest BCUT2D eigenvalue weighted by Gasteiger charge is 2.08. The van der Waals surface area contributed by atoms with Gasteiger partial charge < -0.3 is 0 Å². The highest BCUT2D eigenvalue weighted by Crippen LogP contribution is 2.09. The quantitative estimate of drug-likeness (QED) is 0.714. The van der Waals surface area contributed by atoms with Crippen molar-refractivity contribution in [2.75, 3.05) is 0 Å². The summed E-state index contributed by atoms with van der Waals surface area (Å²) in [7, 11) is 0. The zero-order valence-electron chi connectivity index (χ0n) is 8.60. The minimum atomic E-state index is 0.799. The average Bonchev–Trinajstić information content (AvgIpc) is 2.71. The molecule has 0 fully saturated rings. The molecule has 5 heteroatoms. The SMILES string of the molecule is CCn1nncc1-n1nc(C)cc1C. The second kappa shape index (κ2) is 3.25. The molecule has 5 nitrogen and oxygen atoms in total. The van der Waals surface area contributed by atoms with Gasteiger partial charge in [0.25, 0.3) is 0 Å². The lowest BCUT2D eigenvalue weighted by Gasteiger charge is -2.04. The second-order valence-corrected chi connectivity index (χ2v) is 3.25. The van der Waals surface area contributed by atoms with Crippen LogP contribution in [0.2, 0.25) is 0 Å². The number of aromatic nitrogens is 5. The summed E-state index contributed by atoms with van der Waals surface area (Å²) < 4.78 is 3.68. The van der Waals surface area contributed by atoms with Gasteiger partial charge in [-0.05, 0) is 26.8 Å². The zero-order chi connectivity index (χ0) is 10.1. The first kappa shape index (κ1) is 8.93. The minimum Gasteiger partial charge on any atom is -0.228 e. The van der Waals surface area contributed by atoms with Crippen molar-refractivity contribution >= 4 is 0 Å². The van der Waals surface area contributed by atoms with Crippen molar-refractivity contribution in [3.05, 3.63) is 23.7 Å². The van der Waals surface area contributed by atoms with Gasteiger partial charge in [0, 0.05) is 12.2 Å². The lowest BCUT2D eigenvalue weighted by molar-refractivity contribution is 0.595. The van der Waals surface area contributed by atoms with Crippen molar-refractivity contribution in [3.8, 4) is 5.82 Å². The van der Waals surface area contributed by atoms with E-state index in [4.69, 9.17) is 0 Å². The van der Waals surface area contributed by atoms with E-state index in [2.05, 4.69) is 15.4 Å². The van der Waals surface area contributed by atoms with Crippen LogP contribution < -0.4 is 0 Å². The van der Waals surface area contributed by atoms with Crippen molar-refractivity contribution in [2.45, 2.75) is 27.3 Å². The maximum absolute atomic E-state index is 4.38. The van der Waals surface area contributed by atoms with Crippen LogP contribution in [-0.4, -0.2) is 24.8 Å². The average molecular weight is 191 g/mol. The van der Waals surface area contributed by atoms with Crippen molar-refractivity contribution in [2.24, 2.45) is 0 Å². The van der Waals surface area contributed by atoms with Crippen LogP contribution >= 0.6 is 0 Å². The molecular weight excluding hydrogens is 178 g/mol. The highest BCUT2D eigenvalue weighted by atomic mass is 15.5. The van der Waals surface area contributed by atoms with E-state index in [1.165, 1.54) is 0 Å². The van der Waals surface area contributed by atoms with Crippen molar-refractivity contribution in [3.63, 3.8) is 0 Å². The number of aryl methyl sites for hydroxylation is 3. The topological polar surface area (TPSA) is 48.5 Å². The fourth-order valence-corrected chi connectivity index (χ4v) is 1.50. The minimum absolute atomic E-state index is 0.799. The number of hydrogen-bond acceptors (Lipinski definition) is 3. The first-order valence-corrected chi connectivity index (χ1v) is 4.64. The normalized spacial score (nSPS) is 10.8. The molecule has 2 heterocycles. The molecule has 14 heavy (non-hydrogen) atoms. The number of hydrogen-bond donors (Lipinski definition) is 0. The third-order valence-electron chi connectivity index (χ3n) is 2.12. The standard InChI is InChI=1S/C9H13N5/c1-4-13-9(6-10-12-13)14-8(3)5-7(2)11-14/h5-6H,4H2,1-3H3. The van der Waals surface area contributed by atoms with Gasteiger partial charge >= 0.3 is 0 Å². The molecule has 0 aliphatic carbocycles. The smallest absolute Gasteiger partial charge is 0.172 e. The zero-order valence-corrected chi connectivity index (χ0v) is 8.60. The summed E-state index contributed by atoms with van der Waals surface area (Å²) in [4.78, 5) is 0. The Balaban J connectivity index is 2.53. The Bertz CT molecular complexity index is 440. The van der Waals surface area contributed by atoms with E-state index in [1.807, 2.05) is 36.2 Å². The highest BCUT2D eigenvalue weighted by molar-refractivity contribution is 5.22. The third kappa shape index (κ3) is 1.30. The van der Waals surface area contributed by atoms with Gasteiger partial charge in [0.2, 0.25) is 0 Å². The van der Waals surface area contributed by atoms with Gasteiger partial charge in [0.1, 0.15) is 0 Å². The van der Waals surface area contributed by atoms with Gasteiger partial charge in [-0.15, -0.1) is 5.10 Å². The van der Waals surface area contributed by atoms with E-state index in [0.29, 0.717) is 0 Å². The summed E-state index contributed by atoms with van der Waals surface area (Å²) in [6.45, 7) is 6.83. The first-order valence-electron chi connectivity index (χ1n) is 4.64. The van der Waals surface area contributed by atoms with Crippen LogP contribution in [0.3, 0.4) is 0 Å². The van der Waals surface area contributed by atoms with Gasteiger partial charge in [0.05, 0.1) is 11.9 Å². The molecule has 0 aromatic carbocycles. The van der Waals surface area contributed by atoms with Gasteiger partial charge in [0.15, 0.2) is 5.82 Å². The van der Waals surface area contributed by atoms with Crippen LogP contribution in [0.25, 0.3) is 5.82 Å². The van der Waals surface area contributed by atoms with E-state index in [9.17, 15) is 0 Å². The van der Waals surface area contributed by atoms with Crippen LogP contribution in [0.5, 0.6) is 0 Å². The van der Waals surface area contributed by atoms with Crippen molar-refractivity contribution < 1.29 is 0 Å². The molecule has 74 valence electrons. The van der Waals surface area contributed by atoms with Crippen molar-refractivity contribution in [1.82, 2.24) is 24.8 Å². The number of nitrogens with zero attached hydrogens (tertiary/aromatic N) is 5. The molecule has 2 aromatic heterocycles. The fourth-order valence-electron chi connectivity index (χ4n) is 1.50. The summed E-state index contributed by atoms with van der Waals surface area (Å²) >= 11 is 0. The molecule has 0 radical (unpaired) electrons. The molecule has 0 unspecified atom stereocenters. The molecule has 0 bridgehead atoms. The number of rotatable bonds is 2. The summed E-state index contributed by atoms with van der Waals surface area (Å²) in [5.41, 5.74) is 2.10. The molecule has 0 aliphatic heterocycles. The maximum atomic E-state index is 4.38. The van der Waals surface area contributed by atoms with Crippen LogP contribution in [-0.2, 0) is 6.54 Å². The van der Waals surface area contributed by atoms with E-state index in [1.54, 1.807) is 6.20 Å². The Hall–Kier alpha value is -1.65. The summed E-state index contributed by atoms with van der Waals surface area (Å²) in [5.74, 6) is 0.915. The monoisotopic (exact) mass is 191 g/mol. The van der Waals surface area contributed by atoms with Crippen LogP contribution in [0.4, 0.5) is 0 Å². The van der Waals surface area contributed by atoms with E-state index in [-0.39, 0.29) is 0 Å². The Morgan fingerprint density at radius 1 is 1.36 bits per heavy atom. The lowest BCUT2D eigenvalue weighted by Crippen LogP contribution is -2.08. The van der Waals surface area contributed by atoms with Gasteiger partial charge in [-0.2, -0.15) is 5.10 Å². The molecule has 0 atom stereocenters. The van der Waals surface area contributed by atoms with Crippen LogP contribution in [0.1, 0.15) is 18.3 Å². The Labute approximate surface area is 82.4 Å².